The molecule has 0 aliphatic heterocycles. The molecule has 0 spiro atoms. The van der Waals surface area contributed by atoms with Gasteiger partial charge >= 0.3 is 5.97 Å². The van der Waals surface area contributed by atoms with Gasteiger partial charge in [-0.1, -0.05) is 36.4 Å². The van der Waals surface area contributed by atoms with Crippen molar-refractivity contribution in [2.24, 2.45) is 0 Å². The molecule has 0 fully saturated rings. The molecule has 0 aliphatic carbocycles. The quantitative estimate of drug-likeness (QED) is 0.867. The molecule has 4 nitrogen and oxygen atoms in total. The molecule has 0 heterocycles. The van der Waals surface area contributed by atoms with Gasteiger partial charge in [0.05, 0.1) is 12.7 Å². The summed E-state index contributed by atoms with van der Waals surface area (Å²) >= 11 is 0. The number of benzene rings is 2. The lowest BCUT2D eigenvalue weighted by atomic mass is 10.1. The predicted octanol–water partition coefficient (Wildman–Crippen LogP) is 2.40. The van der Waals surface area contributed by atoms with Crippen LogP contribution < -0.4 is 5.32 Å². The van der Waals surface area contributed by atoms with Crippen LogP contribution in [0.4, 0.5) is 0 Å². The first-order valence-corrected chi connectivity index (χ1v) is 6.22. The molecule has 0 radical (unpaired) electrons. The van der Waals surface area contributed by atoms with E-state index in [0.717, 1.165) is 5.56 Å². The number of methoxy groups -OCH3 is 1. The number of carbonyl (C=O) groups is 2. The van der Waals surface area contributed by atoms with E-state index in [1.807, 2.05) is 12.1 Å². The van der Waals surface area contributed by atoms with Crippen LogP contribution in [-0.4, -0.2) is 19.0 Å². The number of esters is 1. The fourth-order valence-corrected chi connectivity index (χ4v) is 1.85. The minimum absolute atomic E-state index is 0.176. The molecule has 20 heavy (non-hydrogen) atoms. The Hall–Kier alpha value is -2.62. The van der Waals surface area contributed by atoms with E-state index in [1.54, 1.807) is 42.5 Å². The number of rotatable bonds is 4. The van der Waals surface area contributed by atoms with Gasteiger partial charge < -0.3 is 10.1 Å². The Kier molecular flexibility index (Phi) is 4.50. The van der Waals surface area contributed by atoms with Crippen LogP contribution in [0.1, 0.15) is 26.3 Å². The fraction of sp³-hybridized carbons (Fsp3) is 0.125. The summed E-state index contributed by atoms with van der Waals surface area (Å²) in [6.45, 7) is 0.277. The molecule has 102 valence electrons. The zero-order valence-corrected chi connectivity index (χ0v) is 11.1. The Labute approximate surface area is 117 Å². The maximum absolute atomic E-state index is 11.9. The SMILES string of the molecule is COC(=O)c1ccccc1CNC(=O)c1ccccc1. The Bertz CT molecular complexity index is 608. The van der Waals surface area contributed by atoms with Gasteiger partial charge in [-0.15, -0.1) is 0 Å². The van der Waals surface area contributed by atoms with E-state index < -0.39 is 5.97 Å². The monoisotopic (exact) mass is 269 g/mol. The van der Waals surface area contributed by atoms with E-state index in [0.29, 0.717) is 11.1 Å². The van der Waals surface area contributed by atoms with Crippen LogP contribution in [0.15, 0.2) is 54.6 Å². The maximum Gasteiger partial charge on any atom is 0.338 e. The Morgan fingerprint density at radius 2 is 1.65 bits per heavy atom. The number of ether oxygens (including phenoxy) is 1. The second-order valence-corrected chi connectivity index (χ2v) is 4.20. The Morgan fingerprint density at radius 1 is 1.00 bits per heavy atom. The predicted molar refractivity (Wildman–Crippen MR) is 75.4 cm³/mol. The minimum atomic E-state index is -0.408. The molecule has 1 N–H and O–H groups in total. The normalized spacial score (nSPS) is 9.85. The Balaban J connectivity index is 2.08. The van der Waals surface area contributed by atoms with Gasteiger partial charge in [0, 0.05) is 12.1 Å². The topological polar surface area (TPSA) is 55.4 Å². The van der Waals surface area contributed by atoms with Gasteiger partial charge in [0.15, 0.2) is 0 Å². The summed E-state index contributed by atoms with van der Waals surface area (Å²) in [5, 5.41) is 2.79. The molecule has 0 bridgehead atoms. The second-order valence-electron chi connectivity index (χ2n) is 4.20. The molecule has 2 aromatic carbocycles. The lowest BCUT2D eigenvalue weighted by Crippen LogP contribution is -2.24. The van der Waals surface area contributed by atoms with Crippen molar-refractivity contribution in [3.05, 3.63) is 71.3 Å². The van der Waals surface area contributed by atoms with E-state index in [2.05, 4.69) is 5.32 Å². The van der Waals surface area contributed by atoms with Gasteiger partial charge in [-0.25, -0.2) is 4.79 Å². The first-order chi connectivity index (χ1) is 9.72. The number of nitrogens with one attached hydrogen (secondary N) is 1. The van der Waals surface area contributed by atoms with Crippen LogP contribution in [0.25, 0.3) is 0 Å². The zero-order chi connectivity index (χ0) is 14.4. The van der Waals surface area contributed by atoms with Crippen molar-refractivity contribution in [2.45, 2.75) is 6.54 Å². The third-order valence-electron chi connectivity index (χ3n) is 2.90. The lowest BCUT2D eigenvalue weighted by Gasteiger charge is -2.09. The van der Waals surface area contributed by atoms with Gasteiger partial charge in [-0.05, 0) is 23.8 Å². The van der Waals surface area contributed by atoms with Gasteiger partial charge in [0.1, 0.15) is 0 Å². The summed E-state index contributed by atoms with van der Waals surface area (Å²) in [4.78, 5) is 23.6. The molecule has 2 rings (SSSR count). The molecule has 0 atom stereocenters. The van der Waals surface area contributed by atoms with Crippen molar-refractivity contribution >= 4 is 11.9 Å². The van der Waals surface area contributed by atoms with Crippen molar-refractivity contribution in [3.8, 4) is 0 Å². The van der Waals surface area contributed by atoms with Gasteiger partial charge in [-0.2, -0.15) is 0 Å². The van der Waals surface area contributed by atoms with Crippen LogP contribution in [-0.2, 0) is 11.3 Å². The highest BCUT2D eigenvalue weighted by atomic mass is 16.5. The molecule has 0 saturated heterocycles. The maximum atomic E-state index is 11.9. The standard InChI is InChI=1S/C16H15NO3/c1-20-16(19)14-10-6-5-9-13(14)11-17-15(18)12-7-3-2-4-8-12/h2-10H,11H2,1H3,(H,17,18). The van der Waals surface area contributed by atoms with E-state index in [9.17, 15) is 9.59 Å². The highest BCUT2D eigenvalue weighted by Gasteiger charge is 2.12. The fourth-order valence-electron chi connectivity index (χ4n) is 1.85. The van der Waals surface area contributed by atoms with Crippen molar-refractivity contribution in [1.29, 1.82) is 0 Å². The molecule has 2 aromatic rings. The van der Waals surface area contributed by atoms with Crippen LogP contribution in [0.2, 0.25) is 0 Å². The third kappa shape index (κ3) is 3.23. The van der Waals surface area contributed by atoms with E-state index in [4.69, 9.17) is 4.74 Å². The summed E-state index contributed by atoms with van der Waals surface area (Å²) in [5.41, 5.74) is 1.77. The smallest absolute Gasteiger partial charge is 0.338 e. The molecular formula is C16H15NO3. The first kappa shape index (κ1) is 13.8. The van der Waals surface area contributed by atoms with Crippen LogP contribution in [0, 0.1) is 0 Å². The molecular weight excluding hydrogens is 254 g/mol. The highest BCUT2D eigenvalue weighted by Crippen LogP contribution is 2.10. The van der Waals surface area contributed by atoms with Gasteiger partial charge in [0.25, 0.3) is 5.91 Å². The van der Waals surface area contributed by atoms with E-state index in [1.165, 1.54) is 7.11 Å². The van der Waals surface area contributed by atoms with Crippen molar-refractivity contribution < 1.29 is 14.3 Å². The zero-order valence-electron chi connectivity index (χ0n) is 11.1. The average Bonchev–Trinajstić information content (AvgIpc) is 2.53. The van der Waals surface area contributed by atoms with Crippen LogP contribution >= 0.6 is 0 Å². The molecule has 0 aromatic heterocycles. The van der Waals surface area contributed by atoms with Crippen molar-refractivity contribution in [2.75, 3.05) is 7.11 Å². The molecule has 0 saturated carbocycles. The van der Waals surface area contributed by atoms with Gasteiger partial charge in [0.2, 0.25) is 0 Å². The second kappa shape index (κ2) is 6.52. The Morgan fingerprint density at radius 3 is 2.35 bits per heavy atom. The lowest BCUT2D eigenvalue weighted by molar-refractivity contribution is 0.0598. The molecule has 4 heteroatoms. The summed E-state index contributed by atoms with van der Waals surface area (Å²) in [6.07, 6.45) is 0. The summed E-state index contributed by atoms with van der Waals surface area (Å²) in [6, 6.07) is 16.0. The number of hydrogen-bond donors (Lipinski definition) is 1. The first-order valence-electron chi connectivity index (χ1n) is 6.22. The van der Waals surface area contributed by atoms with Gasteiger partial charge in [-0.3, -0.25) is 4.79 Å². The summed E-state index contributed by atoms with van der Waals surface area (Å²) in [5.74, 6) is -0.583. The number of carbonyl (C=O) groups excluding carboxylic acids is 2. The minimum Gasteiger partial charge on any atom is -0.465 e. The van der Waals surface area contributed by atoms with Crippen molar-refractivity contribution in [3.63, 3.8) is 0 Å². The molecule has 0 aliphatic rings. The van der Waals surface area contributed by atoms with Crippen LogP contribution in [0.3, 0.4) is 0 Å². The largest absolute Gasteiger partial charge is 0.465 e. The van der Waals surface area contributed by atoms with E-state index >= 15 is 0 Å². The van der Waals surface area contributed by atoms with Crippen molar-refractivity contribution in [1.82, 2.24) is 5.32 Å². The number of amides is 1. The van der Waals surface area contributed by atoms with Crippen LogP contribution in [0.5, 0.6) is 0 Å². The van der Waals surface area contributed by atoms with E-state index in [-0.39, 0.29) is 12.5 Å². The average molecular weight is 269 g/mol. The molecule has 0 unspecified atom stereocenters. The molecule has 1 amide bonds. The third-order valence-corrected chi connectivity index (χ3v) is 2.90. The summed E-state index contributed by atoms with van der Waals surface area (Å²) in [7, 11) is 1.33. The highest BCUT2D eigenvalue weighted by molar-refractivity contribution is 5.94. The summed E-state index contributed by atoms with van der Waals surface area (Å²) < 4.78 is 4.72. The number of hydrogen-bond acceptors (Lipinski definition) is 3.